The maximum Gasteiger partial charge on any atom is 0.198 e. The van der Waals surface area contributed by atoms with Crippen LogP contribution in [0.1, 0.15) is 38.5 Å². The Hall–Kier alpha value is -0.370. The zero-order valence-electron chi connectivity index (χ0n) is 7.71. The summed E-state index contributed by atoms with van der Waals surface area (Å²) < 4.78 is 5.30. The van der Waals surface area contributed by atoms with Gasteiger partial charge in [-0.1, -0.05) is 12.8 Å². The lowest BCUT2D eigenvalue weighted by Gasteiger charge is -2.27. The summed E-state index contributed by atoms with van der Waals surface area (Å²) in [5.41, 5.74) is 0. The van der Waals surface area contributed by atoms with E-state index in [9.17, 15) is 4.79 Å². The van der Waals surface area contributed by atoms with Crippen LogP contribution in [0.5, 0.6) is 0 Å². The van der Waals surface area contributed by atoms with Crippen LogP contribution in [0.15, 0.2) is 0 Å². The molecule has 2 unspecified atom stereocenters. The standard InChI is InChI=1S/C10H17O2/c1-12-10-6-2-4-9(8-10)5-3-7-11/h9-10H,2-6,8H2,1H3. The second kappa shape index (κ2) is 5.31. The largest absolute Gasteiger partial charge is 0.381 e. The van der Waals surface area contributed by atoms with Gasteiger partial charge >= 0.3 is 0 Å². The smallest absolute Gasteiger partial charge is 0.198 e. The van der Waals surface area contributed by atoms with Crippen LogP contribution in [0.2, 0.25) is 0 Å². The summed E-state index contributed by atoms with van der Waals surface area (Å²) in [5, 5.41) is 0. The molecule has 2 atom stereocenters. The zero-order chi connectivity index (χ0) is 8.81. The second-order valence-corrected chi connectivity index (χ2v) is 3.57. The van der Waals surface area contributed by atoms with Crippen LogP contribution in [0, 0.1) is 5.92 Å². The van der Waals surface area contributed by atoms with E-state index in [0.29, 0.717) is 18.4 Å². The summed E-state index contributed by atoms with van der Waals surface area (Å²) in [6.07, 6.45) is 8.85. The van der Waals surface area contributed by atoms with Gasteiger partial charge in [0.05, 0.1) is 6.10 Å². The summed E-state index contributed by atoms with van der Waals surface area (Å²) in [5.74, 6) is 0.699. The first-order valence-electron chi connectivity index (χ1n) is 4.74. The van der Waals surface area contributed by atoms with Crippen molar-refractivity contribution in [3.63, 3.8) is 0 Å². The Balaban J connectivity index is 2.20. The van der Waals surface area contributed by atoms with Crippen molar-refractivity contribution in [3.05, 3.63) is 0 Å². The number of rotatable bonds is 4. The molecule has 0 bridgehead atoms. The maximum absolute atomic E-state index is 10.0. The highest BCUT2D eigenvalue weighted by molar-refractivity contribution is 5.50. The van der Waals surface area contributed by atoms with E-state index < -0.39 is 0 Å². The molecule has 1 rings (SSSR count). The van der Waals surface area contributed by atoms with Gasteiger partial charge in [-0.25, -0.2) is 0 Å². The lowest BCUT2D eigenvalue weighted by Crippen LogP contribution is -2.21. The molecule has 0 aromatic carbocycles. The van der Waals surface area contributed by atoms with Gasteiger partial charge in [-0.05, 0) is 25.2 Å². The molecule has 1 fully saturated rings. The minimum Gasteiger partial charge on any atom is -0.381 e. The zero-order valence-corrected chi connectivity index (χ0v) is 7.71. The molecule has 0 aromatic rings. The Bertz CT molecular complexity index is 134. The Labute approximate surface area is 74.3 Å². The van der Waals surface area contributed by atoms with E-state index >= 15 is 0 Å². The predicted molar refractivity (Wildman–Crippen MR) is 47.7 cm³/mol. The van der Waals surface area contributed by atoms with Gasteiger partial charge in [0.1, 0.15) is 0 Å². The highest BCUT2D eigenvalue weighted by Gasteiger charge is 2.20. The second-order valence-electron chi connectivity index (χ2n) is 3.57. The van der Waals surface area contributed by atoms with Crippen LogP contribution in [-0.2, 0) is 9.53 Å². The molecule has 0 saturated heterocycles. The molecule has 0 N–H and O–H groups in total. The molecule has 1 radical (unpaired) electrons. The van der Waals surface area contributed by atoms with Crippen molar-refractivity contribution in [2.75, 3.05) is 7.11 Å². The topological polar surface area (TPSA) is 26.3 Å². The van der Waals surface area contributed by atoms with Crippen LogP contribution in [0.3, 0.4) is 0 Å². The summed E-state index contributed by atoms with van der Waals surface area (Å²) in [6.45, 7) is 0. The van der Waals surface area contributed by atoms with Crippen molar-refractivity contribution < 1.29 is 9.53 Å². The fourth-order valence-electron chi connectivity index (χ4n) is 1.98. The monoisotopic (exact) mass is 169 g/mol. The summed E-state index contributed by atoms with van der Waals surface area (Å²) in [4.78, 5) is 10.0. The van der Waals surface area contributed by atoms with Gasteiger partial charge < -0.3 is 4.74 Å². The highest BCUT2D eigenvalue weighted by Crippen LogP contribution is 2.28. The minimum absolute atomic E-state index is 0.440. The lowest BCUT2D eigenvalue weighted by atomic mass is 9.84. The van der Waals surface area contributed by atoms with E-state index in [2.05, 4.69) is 0 Å². The van der Waals surface area contributed by atoms with Gasteiger partial charge in [0.15, 0.2) is 6.29 Å². The normalized spacial score (nSPS) is 30.1. The first-order chi connectivity index (χ1) is 5.86. The van der Waals surface area contributed by atoms with Gasteiger partial charge in [-0.3, -0.25) is 4.79 Å². The minimum atomic E-state index is 0.440. The summed E-state index contributed by atoms with van der Waals surface area (Å²) in [7, 11) is 1.78. The molecular weight excluding hydrogens is 152 g/mol. The third-order valence-corrected chi connectivity index (χ3v) is 2.72. The van der Waals surface area contributed by atoms with Crippen molar-refractivity contribution in [3.8, 4) is 0 Å². The first-order valence-corrected chi connectivity index (χ1v) is 4.74. The fourth-order valence-corrected chi connectivity index (χ4v) is 1.98. The van der Waals surface area contributed by atoms with Crippen molar-refractivity contribution in [1.29, 1.82) is 0 Å². The molecule has 12 heavy (non-hydrogen) atoms. The number of ether oxygens (including phenoxy) is 1. The van der Waals surface area contributed by atoms with Crippen molar-refractivity contribution in [1.82, 2.24) is 0 Å². The Kier molecular flexibility index (Phi) is 4.30. The van der Waals surface area contributed by atoms with E-state index in [1.54, 1.807) is 7.11 Å². The van der Waals surface area contributed by atoms with Gasteiger partial charge in [-0.15, -0.1) is 0 Å². The molecule has 1 aliphatic rings. The molecule has 2 heteroatoms. The van der Waals surface area contributed by atoms with Crippen molar-refractivity contribution in [2.24, 2.45) is 5.92 Å². The van der Waals surface area contributed by atoms with Crippen LogP contribution >= 0.6 is 0 Å². The average Bonchev–Trinajstić information content (AvgIpc) is 2.15. The Morgan fingerprint density at radius 3 is 3.00 bits per heavy atom. The molecular formula is C10H17O2. The molecule has 0 heterocycles. The fraction of sp³-hybridized carbons (Fsp3) is 0.900. The molecule has 1 aliphatic carbocycles. The summed E-state index contributed by atoms with van der Waals surface area (Å²) in [6, 6.07) is 0. The third-order valence-electron chi connectivity index (χ3n) is 2.72. The molecule has 1 saturated carbocycles. The van der Waals surface area contributed by atoms with Crippen molar-refractivity contribution in [2.45, 2.75) is 44.6 Å². The van der Waals surface area contributed by atoms with Crippen LogP contribution < -0.4 is 0 Å². The first kappa shape index (κ1) is 9.72. The van der Waals surface area contributed by atoms with E-state index in [-0.39, 0.29) is 0 Å². The lowest BCUT2D eigenvalue weighted by molar-refractivity contribution is 0.0494. The van der Waals surface area contributed by atoms with E-state index in [1.807, 2.05) is 6.29 Å². The molecule has 2 nitrogen and oxygen atoms in total. The number of hydrogen-bond donors (Lipinski definition) is 0. The number of hydrogen-bond acceptors (Lipinski definition) is 2. The SMILES string of the molecule is COC1CCCC(CC[C]=O)C1. The maximum atomic E-state index is 10.0. The Morgan fingerprint density at radius 1 is 1.50 bits per heavy atom. The molecule has 0 spiro atoms. The van der Waals surface area contributed by atoms with Gasteiger partial charge in [-0.2, -0.15) is 0 Å². The quantitative estimate of drug-likeness (QED) is 0.644. The molecule has 0 aromatic heterocycles. The van der Waals surface area contributed by atoms with Crippen LogP contribution in [-0.4, -0.2) is 19.5 Å². The predicted octanol–water partition coefficient (Wildman–Crippen LogP) is 2.08. The van der Waals surface area contributed by atoms with E-state index in [0.717, 1.165) is 12.8 Å². The molecule has 69 valence electrons. The van der Waals surface area contributed by atoms with E-state index in [4.69, 9.17) is 4.74 Å². The third kappa shape index (κ3) is 2.94. The van der Waals surface area contributed by atoms with Crippen LogP contribution in [0.25, 0.3) is 0 Å². The van der Waals surface area contributed by atoms with Gasteiger partial charge in [0.2, 0.25) is 0 Å². The Morgan fingerprint density at radius 2 is 2.33 bits per heavy atom. The molecule has 0 aliphatic heterocycles. The highest BCUT2D eigenvalue weighted by atomic mass is 16.5. The number of methoxy groups -OCH3 is 1. The summed E-state index contributed by atoms with van der Waals surface area (Å²) >= 11 is 0. The van der Waals surface area contributed by atoms with E-state index in [1.165, 1.54) is 19.3 Å². The number of carbonyl (C=O) groups excluding carboxylic acids is 1. The average molecular weight is 169 g/mol. The van der Waals surface area contributed by atoms with Crippen LogP contribution in [0.4, 0.5) is 0 Å². The van der Waals surface area contributed by atoms with Gasteiger partial charge in [0, 0.05) is 13.5 Å². The molecule has 0 amide bonds. The van der Waals surface area contributed by atoms with Crippen molar-refractivity contribution >= 4 is 6.29 Å². The van der Waals surface area contributed by atoms with Gasteiger partial charge in [0.25, 0.3) is 0 Å².